The van der Waals surface area contributed by atoms with Crippen LogP contribution in [0.3, 0.4) is 0 Å². The molecule has 8 heteroatoms. The van der Waals surface area contributed by atoms with Gasteiger partial charge in [0.2, 0.25) is 0 Å². The van der Waals surface area contributed by atoms with Crippen molar-refractivity contribution in [2.24, 2.45) is 0 Å². The van der Waals surface area contributed by atoms with E-state index in [9.17, 15) is 19.8 Å². The lowest BCUT2D eigenvalue weighted by Gasteiger charge is -2.21. The first-order chi connectivity index (χ1) is 20.5. The van der Waals surface area contributed by atoms with E-state index in [2.05, 4.69) is 13.8 Å². The van der Waals surface area contributed by atoms with Crippen molar-refractivity contribution in [3.05, 3.63) is 0 Å². The molecule has 0 aromatic rings. The summed E-state index contributed by atoms with van der Waals surface area (Å²) in [5, 5.41) is 19.2. The van der Waals surface area contributed by atoms with Crippen molar-refractivity contribution >= 4 is 11.9 Å². The predicted octanol–water partition coefficient (Wildman–Crippen LogP) is 8.08. The van der Waals surface area contributed by atoms with Crippen LogP contribution >= 0.6 is 0 Å². The molecule has 2 aliphatic heterocycles. The topological polar surface area (TPSA) is 118 Å². The minimum Gasteiger partial charge on any atom is -0.479 e. The molecule has 0 aromatic heterocycles. The lowest BCUT2D eigenvalue weighted by Crippen LogP contribution is -2.44. The van der Waals surface area contributed by atoms with E-state index < -0.39 is 24.1 Å². The fourth-order valence-electron chi connectivity index (χ4n) is 5.87. The molecular weight excluding hydrogens is 536 g/mol. The maximum atomic E-state index is 11.8. The highest BCUT2D eigenvalue weighted by molar-refractivity contribution is 5.83. The van der Waals surface area contributed by atoms with Crippen LogP contribution in [0.15, 0.2) is 0 Å². The second-order valence-electron chi connectivity index (χ2n) is 12.5. The van der Waals surface area contributed by atoms with Gasteiger partial charge in [-0.1, -0.05) is 104 Å². The first-order valence-corrected chi connectivity index (χ1v) is 17.5. The number of hydrogen-bond acceptors (Lipinski definition) is 6. The lowest BCUT2D eigenvalue weighted by atomic mass is 10.0. The summed E-state index contributed by atoms with van der Waals surface area (Å²) in [6.45, 7) is 4.86. The predicted molar refractivity (Wildman–Crippen MR) is 165 cm³/mol. The van der Waals surface area contributed by atoms with Crippen LogP contribution in [-0.4, -0.2) is 72.0 Å². The van der Waals surface area contributed by atoms with Crippen molar-refractivity contribution in [3.63, 3.8) is 0 Å². The van der Waals surface area contributed by atoms with Crippen LogP contribution in [0.1, 0.15) is 155 Å². The quantitative estimate of drug-likeness (QED) is 0.0607. The molecule has 0 aliphatic carbocycles. The zero-order valence-corrected chi connectivity index (χ0v) is 26.8. The van der Waals surface area contributed by atoms with Gasteiger partial charge in [0.05, 0.1) is 24.4 Å². The van der Waals surface area contributed by atoms with E-state index in [1.807, 2.05) is 0 Å². The van der Waals surface area contributed by atoms with Gasteiger partial charge in [-0.2, -0.15) is 0 Å². The van der Waals surface area contributed by atoms with E-state index in [4.69, 9.17) is 18.9 Å². The van der Waals surface area contributed by atoms with Gasteiger partial charge in [-0.05, 0) is 51.4 Å². The van der Waals surface area contributed by atoms with E-state index in [-0.39, 0.29) is 13.2 Å². The van der Waals surface area contributed by atoms with Gasteiger partial charge >= 0.3 is 11.9 Å². The Hall–Kier alpha value is -1.22. The molecule has 8 nitrogen and oxygen atoms in total. The third-order valence-corrected chi connectivity index (χ3v) is 8.68. The number of epoxide rings is 2. The Morgan fingerprint density at radius 2 is 0.786 bits per heavy atom. The zero-order valence-electron chi connectivity index (χ0n) is 26.8. The van der Waals surface area contributed by atoms with Gasteiger partial charge in [-0.3, -0.25) is 0 Å². The minimum absolute atomic E-state index is 0.193. The van der Waals surface area contributed by atoms with Crippen molar-refractivity contribution in [1.82, 2.24) is 0 Å². The van der Waals surface area contributed by atoms with Gasteiger partial charge in [0.15, 0.2) is 12.2 Å². The number of carboxylic acids is 2. The maximum absolute atomic E-state index is 11.8. The second-order valence-corrected chi connectivity index (χ2v) is 12.5. The number of carboxylic acid groups (broad SMARTS) is 2. The molecule has 0 aromatic carbocycles. The van der Waals surface area contributed by atoms with Crippen molar-refractivity contribution in [3.8, 4) is 0 Å². The highest BCUT2D eigenvalue weighted by atomic mass is 16.6. The first-order valence-electron chi connectivity index (χ1n) is 17.5. The highest BCUT2D eigenvalue weighted by Gasteiger charge is 2.39. The van der Waals surface area contributed by atoms with E-state index >= 15 is 0 Å². The molecule has 2 heterocycles. The minimum atomic E-state index is -1.51. The average molecular weight is 599 g/mol. The first kappa shape index (κ1) is 37.0. The monoisotopic (exact) mass is 598 g/mol. The summed E-state index contributed by atoms with van der Waals surface area (Å²) in [7, 11) is 0. The van der Waals surface area contributed by atoms with Gasteiger partial charge < -0.3 is 29.2 Å². The Labute approximate surface area is 255 Å². The molecule has 0 amide bonds. The lowest BCUT2D eigenvalue weighted by molar-refractivity contribution is -0.176. The average Bonchev–Trinajstić information content (AvgIpc) is 3.89. The van der Waals surface area contributed by atoms with E-state index in [1.165, 1.54) is 89.9 Å². The normalized spacial score (nSPS) is 22.6. The summed E-state index contributed by atoms with van der Waals surface area (Å²) >= 11 is 0. The Balaban J connectivity index is 1.48. The Morgan fingerprint density at radius 3 is 1.10 bits per heavy atom. The molecule has 2 saturated heterocycles. The van der Waals surface area contributed by atoms with Crippen LogP contribution in [0, 0.1) is 0 Å². The number of carbonyl (C=O) groups is 2. The maximum Gasteiger partial charge on any atom is 0.336 e. The fraction of sp³-hybridized carbons (Fsp3) is 0.941. The van der Waals surface area contributed by atoms with Gasteiger partial charge in [0.1, 0.15) is 0 Å². The summed E-state index contributed by atoms with van der Waals surface area (Å²) < 4.78 is 22.6. The smallest absolute Gasteiger partial charge is 0.336 e. The molecule has 0 radical (unpaired) electrons. The molecule has 2 fully saturated rings. The summed E-state index contributed by atoms with van der Waals surface area (Å²) in [6, 6.07) is 0. The third kappa shape index (κ3) is 17.2. The van der Waals surface area contributed by atoms with Gasteiger partial charge in [-0.15, -0.1) is 0 Å². The number of rotatable bonds is 31. The van der Waals surface area contributed by atoms with Crippen molar-refractivity contribution in [1.29, 1.82) is 0 Å². The number of hydrogen-bond donors (Lipinski definition) is 2. The molecule has 6 unspecified atom stereocenters. The van der Waals surface area contributed by atoms with Crippen LogP contribution in [0.2, 0.25) is 0 Å². The van der Waals surface area contributed by atoms with Crippen LogP contribution in [0.25, 0.3) is 0 Å². The second kappa shape index (κ2) is 23.2. The molecule has 0 bridgehead atoms. The fourth-order valence-corrected chi connectivity index (χ4v) is 5.87. The van der Waals surface area contributed by atoms with Crippen molar-refractivity contribution in [2.45, 2.75) is 192 Å². The van der Waals surface area contributed by atoms with Crippen LogP contribution < -0.4 is 0 Å². The molecule has 0 saturated carbocycles. The number of ether oxygens (including phenoxy) is 4. The molecule has 2 N–H and O–H groups in total. The Kier molecular flexibility index (Phi) is 20.4. The molecule has 6 atom stereocenters. The van der Waals surface area contributed by atoms with Crippen molar-refractivity contribution in [2.75, 3.05) is 13.2 Å². The summed E-state index contributed by atoms with van der Waals surface area (Å²) in [6.07, 6.45) is 23.8. The summed E-state index contributed by atoms with van der Waals surface area (Å²) in [5.74, 6) is -2.61. The van der Waals surface area contributed by atoms with E-state index in [1.54, 1.807) is 0 Å². The van der Waals surface area contributed by atoms with E-state index in [0.717, 1.165) is 38.5 Å². The van der Waals surface area contributed by atoms with Crippen LogP contribution in [-0.2, 0) is 28.5 Å². The number of aliphatic carboxylic acids is 2. The molecule has 2 rings (SSSR count). The van der Waals surface area contributed by atoms with Crippen LogP contribution in [0.5, 0.6) is 0 Å². The molecular formula is C34H62O8. The highest BCUT2D eigenvalue weighted by Crippen LogP contribution is 2.32. The molecule has 2 aliphatic rings. The van der Waals surface area contributed by atoms with Gasteiger partial charge in [0.25, 0.3) is 0 Å². The molecule has 0 spiro atoms. The van der Waals surface area contributed by atoms with Crippen LogP contribution in [0.4, 0.5) is 0 Å². The largest absolute Gasteiger partial charge is 0.479 e. The van der Waals surface area contributed by atoms with Gasteiger partial charge in [-0.25, -0.2) is 9.59 Å². The molecule has 246 valence electrons. The van der Waals surface area contributed by atoms with E-state index in [0.29, 0.717) is 37.3 Å². The Morgan fingerprint density at radius 1 is 0.500 bits per heavy atom. The zero-order chi connectivity index (χ0) is 30.4. The SMILES string of the molecule is CCCCCCCCCC1OC1CCCCOC(C(=O)O)C(OCCCCC1OC1CCCCCCCCC)C(=O)O. The standard InChI is InChI=1S/C34H62O8/c1-3-5-7-9-11-13-15-21-27-29(41-27)23-17-19-25-39-31(33(35)36)32(34(37)38)40-26-20-18-24-30-28(42-30)22-16-14-12-10-8-6-4-2/h27-32H,3-26H2,1-2H3,(H,35,36)(H,37,38). The van der Waals surface area contributed by atoms with Gasteiger partial charge in [0, 0.05) is 13.2 Å². The molecule has 42 heavy (non-hydrogen) atoms. The Bertz CT molecular complexity index is 643. The summed E-state index contributed by atoms with van der Waals surface area (Å²) in [4.78, 5) is 23.5. The third-order valence-electron chi connectivity index (χ3n) is 8.68. The summed E-state index contributed by atoms with van der Waals surface area (Å²) in [5.41, 5.74) is 0. The number of unbranched alkanes of at least 4 members (excludes halogenated alkanes) is 14. The van der Waals surface area contributed by atoms with Crippen molar-refractivity contribution < 1.29 is 38.7 Å².